The Morgan fingerprint density at radius 1 is 0.655 bits per heavy atom. The van der Waals surface area contributed by atoms with Gasteiger partial charge >= 0.3 is 23.9 Å². The van der Waals surface area contributed by atoms with Crippen molar-refractivity contribution in [3.05, 3.63) is 13.8 Å². The molecule has 2 atom stereocenters. The molecule has 0 bridgehead atoms. The summed E-state index contributed by atoms with van der Waals surface area (Å²) in [7, 11) is 0. The molecule has 0 spiro atoms. The number of hydrogen-bond donors (Lipinski definition) is 0. The SMILES string of the molecule is CCCCC(CC)C(=O)[O-].CCCCC(CC)C(=O)[O-].[CH2]CCC.[CH2]CCC.[Sn+2]. The molecule has 0 aliphatic carbocycles. The van der Waals surface area contributed by atoms with Gasteiger partial charge in [-0.25, -0.2) is 0 Å². The Morgan fingerprint density at radius 2 is 0.897 bits per heavy atom. The van der Waals surface area contributed by atoms with Crippen LogP contribution in [0.1, 0.15) is 119 Å². The van der Waals surface area contributed by atoms with E-state index in [9.17, 15) is 19.8 Å². The van der Waals surface area contributed by atoms with E-state index in [1.165, 1.54) is 12.8 Å². The first kappa shape index (κ1) is 39.2. The number of aliphatic carboxylic acids is 2. The Hall–Kier alpha value is -0.261. The van der Waals surface area contributed by atoms with Crippen LogP contribution >= 0.6 is 0 Å². The van der Waals surface area contributed by atoms with Crippen molar-refractivity contribution in [2.75, 3.05) is 0 Å². The van der Waals surface area contributed by atoms with E-state index in [2.05, 4.69) is 41.5 Å². The minimum absolute atomic E-state index is 0. The van der Waals surface area contributed by atoms with E-state index >= 15 is 0 Å². The first-order valence-electron chi connectivity index (χ1n) is 11.3. The quantitative estimate of drug-likeness (QED) is 0.348. The summed E-state index contributed by atoms with van der Waals surface area (Å²) in [5.74, 6) is -2.23. The van der Waals surface area contributed by atoms with E-state index < -0.39 is 11.9 Å². The van der Waals surface area contributed by atoms with Crippen molar-refractivity contribution in [1.29, 1.82) is 0 Å². The normalized spacial score (nSPS) is 11.0. The van der Waals surface area contributed by atoms with E-state index in [-0.39, 0.29) is 35.7 Å². The maximum absolute atomic E-state index is 10.3. The van der Waals surface area contributed by atoms with Crippen LogP contribution < -0.4 is 10.2 Å². The van der Waals surface area contributed by atoms with Crippen molar-refractivity contribution < 1.29 is 19.8 Å². The maximum Gasteiger partial charge on any atom is 2.00 e. The summed E-state index contributed by atoms with van der Waals surface area (Å²) in [6.45, 7) is 19.3. The molecule has 0 N–H and O–H groups in total. The Bertz CT molecular complexity index is 275. The summed E-state index contributed by atoms with van der Waals surface area (Å²) < 4.78 is 0. The molecule has 0 aromatic rings. The fraction of sp³-hybridized carbons (Fsp3) is 0.833. The molecular weight excluding hydrogens is 471 g/mol. The number of rotatable bonds is 12. The fourth-order valence-corrected chi connectivity index (χ4v) is 1.88. The second-order valence-corrected chi connectivity index (χ2v) is 6.84. The van der Waals surface area contributed by atoms with Crippen LogP contribution in [0.2, 0.25) is 0 Å². The Labute approximate surface area is 199 Å². The monoisotopic (exact) mass is 520 g/mol. The minimum Gasteiger partial charge on any atom is -0.550 e. The fourth-order valence-electron chi connectivity index (χ4n) is 1.88. The van der Waals surface area contributed by atoms with Crippen LogP contribution in [-0.2, 0) is 9.59 Å². The van der Waals surface area contributed by atoms with E-state index in [1.807, 2.05) is 13.8 Å². The van der Waals surface area contributed by atoms with Gasteiger partial charge in [-0.15, -0.1) is 0 Å². The molecule has 4 nitrogen and oxygen atoms in total. The summed E-state index contributed by atoms with van der Waals surface area (Å²) >= 11 is 0. The molecule has 29 heavy (non-hydrogen) atoms. The number of hydrogen-bond acceptors (Lipinski definition) is 4. The van der Waals surface area contributed by atoms with E-state index in [0.29, 0.717) is 12.8 Å². The van der Waals surface area contributed by atoms with Gasteiger partial charge in [0, 0.05) is 11.9 Å². The van der Waals surface area contributed by atoms with Crippen molar-refractivity contribution in [3.8, 4) is 0 Å². The number of carboxylic acid groups (broad SMARTS) is 2. The van der Waals surface area contributed by atoms with Gasteiger partial charge in [0.25, 0.3) is 0 Å². The predicted molar refractivity (Wildman–Crippen MR) is 123 cm³/mol. The van der Waals surface area contributed by atoms with Crippen LogP contribution in [0.3, 0.4) is 0 Å². The summed E-state index contributed by atoms with van der Waals surface area (Å²) in [5, 5.41) is 20.7. The molecule has 2 unspecified atom stereocenters. The van der Waals surface area contributed by atoms with Gasteiger partial charge in [-0.1, -0.05) is 107 Å². The topological polar surface area (TPSA) is 80.3 Å². The molecule has 5 heteroatoms. The molecule has 0 fully saturated rings. The standard InChI is InChI=1S/2C8H16O2.2C4H9.Sn/c2*1-3-5-6-7(4-2)8(9)10;2*1-3-4-2;/h2*7H,3-6H2,1-2H3,(H,9,10);2*1,3-4H2,2H3;/q;;;;+2/p-2. The first-order chi connectivity index (χ1) is 13.3. The van der Waals surface area contributed by atoms with Crippen molar-refractivity contribution >= 4 is 35.8 Å². The Morgan fingerprint density at radius 3 is 1.00 bits per heavy atom. The average molecular weight is 519 g/mol. The molecule has 0 rings (SSSR count). The van der Waals surface area contributed by atoms with Gasteiger partial charge < -0.3 is 19.8 Å². The van der Waals surface area contributed by atoms with Crippen LogP contribution in [-0.4, -0.2) is 35.8 Å². The summed E-state index contributed by atoms with van der Waals surface area (Å²) in [6.07, 6.45) is 11.6. The van der Waals surface area contributed by atoms with Gasteiger partial charge in [0.2, 0.25) is 0 Å². The molecule has 0 amide bonds. The summed E-state index contributed by atoms with van der Waals surface area (Å²) in [4.78, 5) is 20.7. The molecule has 0 saturated heterocycles. The summed E-state index contributed by atoms with van der Waals surface area (Å²) in [6, 6.07) is 0. The van der Waals surface area contributed by atoms with Crippen molar-refractivity contribution in [2.24, 2.45) is 11.8 Å². The second-order valence-electron chi connectivity index (χ2n) is 6.84. The van der Waals surface area contributed by atoms with Gasteiger partial charge in [0.1, 0.15) is 0 Å². The van der Waals surface area contributed by atoms with Crippen LogP contribution in [0.4, 0.5) is 0 Å². The van der Waals surface area contributed by atoms with Crippen LogP contribution in [0.5, 0.6) is 0 Å². The molecule has 0 aromatic heterocycles. The van der Waals surface area contributed by atoms with Gasteiger partial charge in [-0.05, 0) is 37.5 Å². The van der Waals surface area contributed by atoms with Crippen LogP contribution in [0.15, 0.2) is 0 Å². The van der Waals surface area contributed by atoms with E-state index in [1.54, 1.807) is 0 Å². The van der Waals surface area contributed by atoms with Gasteiger partial charge in [0.05, 0.1) is 0 Å². The molecule has 0 aliphatic rings. The van der Waals surface area contributed by atoms with Crippen LogP contribution in [0, 0.1) is 25.7 Å². The smallest absolute Gasteiger partial charge is 0.550 e. The molecule has 172 valence electrons. The Kier molecular flexibility index (Phi) is 47.6. The zero-order valence-electron chi connectivity index (χ0n) is 20.2. The van der Waals surface area contributed by atoms with Gasteiger partial charge in [-0.3, -0.25) is 0 Å². The Balaban J connectivity index is -0.0000000950. The number of unbranched alkanes of at least 4 members (excludes halogenated alkanes) is 4. The molecule has 4 radical (unpaired) electrons. The van der Waals surface area contributed by atoms with Crippen molar-refractivity contribution in [1.82, 2.24) is 0 Å². The molecule has 0 heterocycles. The largest absolute Gasteiger partial charge is 2.00 e. The van der Waals surface area contributed by atoms with Crippen LogP contribution in [0.25, 0.3) is 0 Å². The van der Waals surface area contributed by atoms with E-state index in [4.69, 9.17) is 0 Å². The molecular formula is C24H48O4Sn. The van der Waals surface area contributed by atoms with Crippen molar-refractivity contribution in [3.63, 3.8) is 0 Å². The minimum atomic E-state index is -0.893. The first-order valence-corrected chi connectivity index (χ1v) is 11.3. The maximum atomic E-state index is 10.3. The van der Waals surface area contributed by atoms with Gasteiger partial charge in [0.15, 0.2) is 0 Å². The van der Waals surface area contributed by atoms with E-state index in [0.717, 1.165) is 51.4 Å². The number of carboxylic acids is 2. The average Bonchev–Trinajstić information content (AvgIpc) is 2.69. The molecule has 0 aliphatic heterocycles. The molecule has 0 aromatic carbocycles. The van der Waals surface area contributed by atoms with Crippen molar-refractivity contribution in [2.45, 2.75) is 119 Å². The third kappa shape index (κ3) is 38.9. The zero-order chi connectivity index (χ0) is 22.8. The predicted octanol–water partition coefficient (Wildman–Crippen LogP) is 4.77. The number of carbonyl (C=O) groups excluding carboxylic acids is 2. The third-order valence-corrected chi connectivity index (χ3v) is 4.17. The summed E-state index contributed by atoms with van der Waals surface area (Å²) in [5.41, 5.74) is 0. The molecule has 0 saturated carbocycles. The second kappa shape index (κ2) is 35.2. The van der Waals surface area contributed by atoms with Gasteiger partial charge in [-0.2, -0.15) is 0 Å². The zero-order valence-corrected chi connectivity index (χ0v) is 23.0. The number of carbonyl (C=O) groups is 2. The third-order valence-electron chi connectivity index (χ3n) is 4.17.